The van der Waals surface area contributed by atoms with Crippen LogP contribution in [0.15, 0.2) is 42.5 Å². The van der Waals surface area contributed by atoms with Gasteiger partial charge in [-0.1, -0.05) is 6.07 Å². The molecule has 166 valence electrons. The van der Waals surface area contributed by atoms with E-state index in [-0.39, 0.29) is 17.9 Å². The number of ether oxygens (including phenoxy) is 3. The fourth-order valence-corrected chi connectivity index (χ4v) is 4.33. The highest BCUT2D eigenvalue weighted by molar-refractivity contribution is 7.92. The van der Waals surface area contributed by atoms with Crippen molar-refractivity contribution >= 4 is 33.3 Å². The third-order valence-electron chi connectivity index (χ3n) is 4.51. The molecule has 10 heteroatoms. The van der Waals surface area contributed by atoms with Crippen LogP contribution in [0.4, 0.5) is 11.4 Å². The second-order valence-corrected chi connectivity index (χ2v) is 8.71. The van der Waals surface area contributed by atoms with E-state index in [4.69, 9.17) is 14.2 Å². The van der Waals surface area contributed by atoms with Crippen molar-refractivity contribution in [2.75, 3.05) is 35.7 Å². The molecule has 0 bridgehead atoms. The summed E-state index contributed by atoms with van der Waals surface area (Å²) in [6, 6.07) is 9.84. The molecule has 1 aliphatic heterocycles. The van der Waals surface area contributed by atoms with E-state index in [1.807, 2.05) is 0 Å². The van der Waals surface area contributed by atoms with E-state index in [1.165, 1.54) is 19.1 Å². The third kappa shape index (κ3) is 5.26. The molecule has 1 atom stereocenters. The molecule has 0 radical (unpaired) electrons. The molecule has 2 aromatic rings. The number of carbonyl (C=O) groups excluding carboxylic acids is 2. The Morgan fingerprint density at radius 2 is 1.84 bits per heavy atom. The number of nitrogens with zero attached hydrogens (tertiary/aromatic N) is 1. The second-order valence-electron chi connectivity index (χ2n) is 6.85. The maximum atomic E-state index is 12.9. The van der Waals surface area contributed by atoms with E-state index in [2.05, 4.69) is 5.32 Å². The molecular formula is C21H24N2O7S. The van der Waals surface area contributed by atoms with Gasteiger partial charge in [0.1, 0.15) is 19.3 Å². The van der Waals surface area contributed by atoms with Crippen molar-refractivity contribution in [3.63, 3.8) is 0 Å². The Bertz CT molecular complexity index is 1080. The lowest BCUT2D eigenvalue weighted by atomic mass is 10.2. The number of benzene rings is 2. The van der Waals surface area contributed by atoms with Crippen molar-refractivity contribution in [3.8, 4) is 11.5 Å². The Morgan fingerprint density at radius 1 is 1.13 bits per heavy atom. The molecule has 31 heavy (non-hydrogen) atoms. The lowest BCUT2D eigenvalue weighted by molar-refractivity contribution is -0.116. The van der Waals surface area contributed by atoms with Crippen LogP contribution in [0.3, 0.4) is 0 Å². The molecule has 0 spiro atoms. The Labute approximate surface area is 181 Å². The highest BCUT2D eigenvalue weighted by atomic mass is 32.2. The first-order valence-electron chi connectivity index (χ1n) is 9.68. The van der Waals surface area contributed by atoms with Crippen LogP contribution in [0.1, 0.15) is 24.2 Å². The molecule has 1 N–H and O–H groups in total. The summed E-state index contributed by atoms with van der Waals surface area (Å²) in [6.07, 6.45) is 1.02. The van der Waals surface area contributed by atoms with E-state index in [0.29, 0.717) is 30.4 Å². The lowest BCUT2D eigenvalue weighted by Crippen LogP contribution is -2.45. The Kier molecular flexibility index (Phi) is 6.69. The average molecular weight is 448 g/mol. The maximum absolute atomic E-state index is 12.9. The molecule has 0 saturated carbocycles. The van der Waals surface area contributed by atoms with Crippen molar-refractivity contribution < 1.29 is 32.2 Å². The first-order chi connectivity index (χ1) is 14.7. The number of esters is 1. The van der Waals surface area contributed by atoms with E-state index in [0.717, 1.165) is 10.6 Å². The number of fused-ring (bicyclic) bond motifs is 1. The van der Waals surface area contributed by atoms with Gasteiger partial charge >= 0.3 is 5.97 Å². The summed E-state index contributed by atoms with van der Waals surface area (Å²) in [6.45, 7) is 4.16. The van der Waals surface area contributed by atoms with Crippen molar-refractivity contribution in [2.24, 2.45) is 0 Å². The van der Waals surface area contributed by atoms with Crippen LogP contribution in [0.25, 0.3) is 0 Å². The zero-order chi connectivity index (χ0) is 22.6. The zero-order valence-corrected chi connectivity index (χ0v) is 18.3. The molecule has 0 aromatic heterocycles. The van der Waals surface area contributed by atoms with Gasteiger partial charge in [0.05, 0.1) is 24.1 Å². The van der Waals surface area contributed by atoms with Gasteiger partial charge in [0, 0.05) is 11.8 Å². The number of hydrogen-bond acceptors (Lipinski definition) is 7. The molecule has 1 unspecified atom stereocenters. The van der Waals surface area contributed by atoms with Crippen LogP contribution in [0, 0.1) is 0 Å². The van der Waals surface area contributed by atoms with Gasteiger partial charge in [-0.15, -0.1) is 0 Å². The van der Waals surface area contributed by atoms with Gasteiger partial charge in [0.25, 0.3) is 0 Å². The van der Waals surface area contributed by atoms with Gasteiger partial charge in [-0.05, 0) is 44.2 Å². The molecule has 1 aliphatic rings. The van der Waals surface area contributed by atoms with Crippen LogP contribution in [0.2, 0.25) is 0 Å². The molecule has 0 fully saturated rings. The molecule has 9 nitrogen and oxygen atoms in total. The average Bonchev–Trinajstić information content (AvgIpc) is 2.73. The highest BCUT2D eigenvalue weighted by Crippen LogP contribution is 2.35. The predicted molar refractivity (Wildman–Crippen MR) is 115 cm³/mol. The summed E-state index contributed by atoms with van der Waals surface area (Å²) in [4.78, 5) is 24.8. The summed E-state index contributed by atoms with van der Waals surface area (Å²) in [5.41, 5.74) is 0.895. The molecule has 0 aliphatic carbocycles. The first kappa shape index (κ1) is 22.4. The van der Waals surface area contributed by atoms with Gasteiger partial charge in [-0.25, -0.2) is 13.2 Å². The van der Waals surface area contributed by atoms with Crippen LogP contribution in [-0.2, 0) is 19.6 Å². The van der Waals surface area contributed by atoms with E-state index in [9.17, 15) is 18.0 Å². The summed E-state index contributed by atoms with van der Waals surface area (Å²) in [7, 11) is -3.81. The molecule has 1 amide bonds. The third-order valence-corrected chi connectivity index (χ3v) is 5.75. The summed E-state index contributed by atoms with van der Waals surface area (Å²) in [5, 5.41) is 2.65. The Balaban J connectivity index is 1.84. The zero-order valence-electron chi connectivity index (χ0n) is 17.5. The SMILES string of the molecule is CCOC(=O)c1cccc(NC(=O)C(C)N(c2ccc3c(c2)OCCO3)S(C)(=O)=O)c1. The number of rotatable bonds is 7. The number of amides is 1. The molecule has 3 rings (SSSR count). The van der Waals surface area contributed by atoms with E-state index >= 15 is 0 Å². The fraction of sp³-hybridized carbons (Fsp3) is 0.333. The summed E-state index contributed by atoms with van der Waals surface area (Å²) < 4.78 is 42.0. The van der Waals surface area contributed by atoms with Crippen molar-refractivity contribution in [3.05, 3.63) is 48.0 Å². The predicted octanol–water partition coefficient (Wildman–Crippen LogP) is 2.43. The van der Waals surface area contributed by atoms with Gasteiger partial charge in [-0.3, -0.25) is 9.10 Å². The fourth-order valence-electron chi connectivity index (χ4n) is 3.16. The minimum absolute atomic E-state index is 0.227. The smallest absolute Gasteiger partial charge is 0.338 e. The minimum Gasteiger partial charge on any atom is -0.486 e. The van der Waals surface area contributed by atoms with Crippen LogP contribution in [-0.4, -0.2) is 52.4 Å². The highest BCUT2D eigenvalue weighted by Gasteiger charge is 2.30. The summed E-state index contributed by atoms with van der Waals surface area (Å²) in [5.74, 6) is -0.162. The van der Waals surface area contributed by atoms with Gasteiger partial charge < -0.3 is 19.5 Å². The molecular weight excluding hydrogens is 424 g/mol. The van der Waals surface area contributed by atoms with Crippen LogP contribution < -0.4 is 19.1 Å². The number of sulfonamides is 1. The van der Waals surface area contributed by atoms with Crippen molar-refractivity contribution in [2.45, 2.75) is 19.9 Å². The number of hydrogen-bond donors (Lipinski definition) is 1. The standard InChI is InChI=1S/C21H24N2O7S/c1-4-28-21(25)15-6-5-7-16(12-15)22-20(24)14(2)23(31(3,26)27)17-8-9-18-19(13-17)30-11-10-29-18/h5-9,12-14H,4,10-11H2,1-3H3,(H,22,24). The number of nitrogens with one attached hydrogen (secondary N) is 1. The Morgan fingerprint density at radius 3 is 2.52 bits per heavy atom. The Hall–Kier alpha value is -3.27. The largest absolute Gasteiger partial charge is 0.486 e. The van der Waals surface area contributed by atoms with Gasteiger partial charge in [-0.2, -0.15) is 0 Å². The number of anilines is 2. The lowest BCUT2D eigenvalue weighted by Gasteiger charge is -2.29. The topological polar surface area (TPSA) is 111 Å². The normalized spacial score (nSPS) is 13.8. The minimum atomic E-state index is -3.81. The molecule has 2 aromatic carbocycles. The monoisotopic (exact) mass is 448 g/mol. The van der Waals surface area contributed by atoms with Crippen molar-refractivity contribution in [1.82, 2.24) is 0 Å². The quantitative estimate of drug-likeness (QED) is 0.648. The summed E-state index contributed by atoms with van der Waals surface area (Å²) >= 11 is 0. The van der Waals surface area contributed by atoms with E-state index in [1.54, 1.807) is 37.3 Å². The van der Waals surface area contributed by atoms with Crippen LogP contribution in [0.5, 0.6) is 11.5 Å². The van der Waals surface area contributed by atoms with Gasteiger partial charge in [0.2, 0.25) is 15.9 Å². The van der Waals surface area contributed by atoms with E-state index < -0.39 is 27.9 Å². The van der Waals surface area contributed by atoms with Crippen LogP contribution >= 0.6 is 0 Å². The molecule has 1 heterocycles. The second kappa shape index (κ2) is 9.25. The van der Waals surface area contributed by atoms with Gasteiger partial charge in [0.15, 0.2) is 11.5 Å². The molecule has 0 saturated heterocycles. The maximum Gasteiger partial charge on any atom is 0.338 e. The first-order valence-corrected chi connectivity index (χ1v) is 11.5. The number of carbonyl (C=O) groups is 2. The van der Waals surface area contributed by atoms with Crippen molar-refractivity contribution in [1.29, 1.82) is 0 Å².